The largest absolute Gasteiger partial charge is 0.453 e. The van der Waals surface area contributed by atoms with Gasteiger partial charge in [-0.2, -0.15) is 0 Å². The van der Waals surface area contributed by atoms with E-state index >= 15 is 0 Å². The maximum absolute atomic E-state index is 13.6. The van der Waals surface area contributed by atoms with Gasteiger partial charge in [0.25, 0.3) is 0 Å². The van der Waals surface area contributed by atoms with Crippen molar-refractivity contribution in [2.45, 2.75) is 0 Å². The van der Waals surface area contributed by atoms with Gasteiger partial charge >= 0.3 is 12.1 Å². The molecule has 3 amide bonds. The summed E-state index contributed by atoms with van der Waals surface area (Å²) in [5, 5.41) is 2.59. The molecule has 1 aromatic rings. The molecule has 2 rings (SSSR count). The number of nitrogens with one attached hydrogen (secondary N) is 1. The van der Waals surface area contributed by atoms with Crippen molar-refractivity contribution in [3.05, 3.63) is 29.0 Å². The first kappa shape index (κ1) is 15.4. The van der Waals surface area contributed by atoms with E-state index in [4.69, 9.17) is 11.6 Å². The average molecular weight is 316 g/mol. The molecule has 114 valence electrons. The van der Waals surface area contributed by atoms with Gasteiger partial charge in [-0.25, -0.2) is 14.0 Å². The third-order valence-electron chi connectivity index (χ3n) is 3.19. The number of carbonyl (C=O) groups excluding carboxylic acids is 2. The van der Waals surface area contributed by atoms with Gasteiger partial charge in [0.05, 0.1) is 17.8 Å². The van der Waals surface area contributed by atoms with Crippen molar-refractivity contribution in [3.8, 4) is 0 Å². The molecular weight excluding hydrogens is 301 g/mol. The second-order valence-corrected chi connectivity index (χ2v) is 4.88. The topological polar surface area (TPSA) is 61.9 Å². The normalized spacial score (nSPS) is 14.8. The van der Waals surface area contributed by atoms with Gasteiger partial charge in [-0.3, -0.25) is 0 Å². The number of methoxy groups -OCH3 is 1. The van der Waals surface area contributed by atoms with Gasteiger partial charge in [0.2, 0.25) is 0 Å². The molecule has 1 aliphatic heterocycles. The SMILES string of the molecule is COC(=O)N1CCN(C(=O)Nc2c(F)cccc2Cl)CC1. The highest BCUT2D eigenvalue weighted by molar-refractivity contribution is 6.33. The number of urea groups is 1. The Hall–Kier alpha value is -2.02. The molecule has 8 heteroatoms. The first-order chi connectivity index (χ1) is 10.0. The molecule has 0 spiro atoms. The predicted molar refractivity (Wildman–Crippen MR) is 76.0 cm³/mol. The maximum atomic E-state index is 13.6. The number of nitrogens with zero attached hydrogens (tertiary/aromatic N) is 2. The van der Waals surface area contributed by atoms with Gasteiger partial charge in [0.1, 0.15) is 5.82 Å². The highest BCUT2D eigenvalue weighted by Gasteiger charge is 2.25. The van der Waals surface area contributed by atoms with Crippen LogP contribution < -0.4 is 5.32 Å². The van der Waals surface area contributed by atoms with Crippen molar-refractivity contribution in [1.29, 1.82) is 0 Å². The zero-order valence-corrected chi connectivity index (χ0v) is 12.2. The summed E-state index contributed by atoms with van der Waals surface area (Å²) in [5.74, 6) is -0.593. The fourth-order valence-electron chi connectivity index (χ4n) is 2.02. The molecule has 1 N–H and O–H groups in total. The molecule has 1 aromatic carbocycles. The number of halogens is 2. The highest BCUT2D eigenvalue weighted by atomic mass is 35.5. The lowest BCUT2D eigenvalue weighted by molar-refractivity contribution is 0.0992. The summed E-state index contributed by atoms with van der Waals surface area (Å²) in [7, 11) is 1.31. The van der Waals surface area contributed by atoms with Crippen LogP contribution in [0.3, 0.4) is 0 Å². The quantitative estimate of drug-likeness (QED) is 0.865. The van der Waals surface area contributed by atoms with E-state index in [0.29, 0.717) is 26.2 Å². The van der Waals surface area contributed by atoms with Gasteiger partial charge in [-0.05, 0) is 12.1 Å². The Morgan fingerprint density at radius 2 is 1.86 bits per heavy atom. The number of amides is 3. The molecular formula is C13H15ClFN3O3. The Labute approximate surface area is 126 Å². The van der Waals surface area contributed by atoms with E-state index in [1.807, 2.05) is 0 Å². The van der Waals surface area contributed by atoms with E-state index in [-0.39, 0.29) is 10.7 Å². The minimum atomic E-state index is -0.593. The summed E-state index contributed by atoms with van der Waals surface area (Å²) < 4.78 is 18.2. The predicted octanol–water partition coefficient (Wildman–Crippen LogP) is 2.40. The van der Waals surface area contributed by atoms with Crippen LogP contribution in [0, 0.1) is 5.82 Å². The maximum Gasteiger partial charge on any atom is 0.409 e. The fourth-order valence-corrected chi connectivity index (χ4v) is 2.23. The van der Waals surface area contributed by atoms with E-state index < -0.39 is 17.9 Å². The van der Waals surface area contributed by atoms with Crippen LogP contribution in [0.15, 0.2) is 18.2 Å². The number of piperazine rings is 1. The molecule has 0 aromatic heterocycles. The molecule has 0 unspecified atom stereocenters. The molecule has 0 aliphatic carbocycles. The molecule has 0 atom stereocenters. The summed E-state index contributed by atoms with van der Waals surface area (Å²) in [6, 6.07) is 3.72. The minimum absolute atomic E-state index is 0.0421. The number of benzene rings is 1. The number of hydrogen-bond donors (Lipinski definition) is 1. The molecule has 1 saturated heterocycles. The Morgan fingerprint density at radius 3 is 2.43 bits per heavy atom. The van der Waals surface area contributed by atoms with Crippen molar-refractivity contribution < 1.29 is 18.7 Å². The van der Waals surface area contributed by atoms with Gasteiger partial charge in [-0.15, -0.1) is 0 Å². The lowest BCUT2D eigenvalue weighted by Crippen LogP contribution is -2.51. The summed E-state index contributed by atoms with van der Waals surface area (Å²) in [6.07, 6.45) is -0.424. The fraction of sp³-hybridized carbons (Fsp3) is 0.385. The standard InChI is InChI=1S/C13H15ClFN3O3/c1-21-13(20)18-7-5-17(6-8-18)12(19)16-11-9(14)3-2-4-10(11)15/h2-4H,5-8H2,1H3,(H,16,19). The van der Waals surface area contributed by atoms with Crippen LogP contribution in [0.5, 0.6) is 0 Å². The zero-order valence-electron chi connectivity index (χ0n) is 11.4. The molecule has 0 saturated carbocycles. The zero-order chi connectivity index (χ0) is 15.4. The van der Waals surface area contributed by atoms with E-state index in [0.717, 1.165) is 0 Å². The van der Waals surface area contributed by atoms with E-state index in [1.54, 1.807) is 0 Å². The van der Waals surface area contributed by atoms with E-state index in [1.165, 1.54) is 35.1 Å². The monoisotopic (exact) mass is 315 g/mol. The number of rotatable bonds is 1. The number of carbonyl (C=O) groups is 2. The smallest absolute Gasteiger partial charge is 0.409 e. The lowest BCUT2D eigenvalue weighted by Gasteiger charge is -2.33. The minimum Gasteiger partial charge on any atom is -0.453 e. The molecule has 1 heterocycles. The third kappa shape index (κ3) is 3.55. The van der Waals surface area contributed by atoms with Crippen molar-refractivity contribution in [3.63, 3.8) is 0 Å². The third-order valence-corrected chi connectivity index (χ3v) is 3.51. The number of anilines is 1. The first-order valence-corrected chi connectivity index (χ1v) is 6.73. The lowest BCUT2D eigenvalue weighted by atomic mass is 10.3. The van der Waals surface area contributed by atoms with Gasteiger partial charge in [0, 0.05) is 26.2 Å². The molecule has 0 bridgehead atoms. The Kier molecular flexibility index (Phi) is 4.85. The number of para-hydroxylation sites is 1. The van der Waals surface area contributed by atoms with Crippen molar-refractivity contribution in [2.24, 2.45) is 0 Å². The van der Waals surface area contributed by atoms with Crippen LogP contribution in [-0.4, -0.2) is 55.2 Å². The van der Waals surface area contributed by atoms with Gasteiger partial charge < -0.3 is 19.9 Å². The molecule has 6 nitrogen and oxygen atoms in total. The van der Waals surface area contributed by atoms with Crippen molar-refractivity contribution >= 4 is 29.4 Å². The van der Waals surface area contributed by atoms with Crippen LogP contribution >= 0.6 is 11.6 Å². The molecule has 0 radical (unpaired) electrons. The van der Waals surface area contributed by atoms with Crippen LogP contribution in [0.25, 0.3) is 0 Å². The Bertz CT molecular complexity index is 527. The highest BCUT2D eigenvalue weighted by Crippen LogP contribution is 2.25. The second kappa shape index (κ2) is 6.62. The van der Waals surface area contributed by atoms with Crippen molar-refractivity contribution in [2.75, 3.05) is 38.6 Å². The van der Waals surface area contributed by atoms with E-state index in [2.05, 4.69) is 10.1 Å². The van der Waals surface area contributed by atoms with Crippen LogP contribution in [0.4, 0.5) is 19.7 Å². The summed E-state index contributed by atoms with van der Waals surface area (Å²) in [4.78, 5) is 26.4. The van der Waals surface area contributed by atoms with Crippen LogP contribution in [-0.2, 0) is 4.74 Å². The molecule has 1 aliphatic rings. The van der Waals surface area contributed by atoms with Gasteiger partial charge in [0.15, 0.2) is 0 Å². The average Bonchev–Trinajstić information content (AvgIpc) is 2.50. The number of hydrogen-bond acceptors (Lipinski definition) is 3. The summed E-state index contributed by atoms with van der Waals surface area (Å²) in [6.45, 7) is 1.41. The second-order valence-electron chi connectivity index (χ2n) is 4.47. The first-order valence-electron chi connectivity index (χ1n) is 6.35. The van der Waals surface area contributed by atoms with Gasteiger partial charge in [-0.1, -0.05) is 17.7 Å². The van der Waals surface area contributed by atoms with Crippen LogP contribution in [0.1, 0.15) is 0 Å². The van der Waals surface area contributed by atoms with E-state index in [9.17, 15) is 14.0 Å². The Balaban J connectivity index is 1.95. The van der Waals surface area contributed by atoms with Crippen LogP contribution in [0.2, 0.25) is 5.02 Å². The Morgan fingerprint density at radius 1 is 1.24 bits per heavy atom. The summed E-state index contributed by atoms with van der Waals surface area (Å²) in [5.41, 5.74) is -0.0421. The molecule has 1 fully saturated rings. The van der Waals surface area contributed by atoms with Crippen molar-refractivity contribution in [1.82, 2.24) is 9.80 Å². The summed E-state index contributed by atoms with van der Waals surface area (Å²) >= 11 is 5.85. The number of ether oxygens (including phenoxy) is 1. The molecule has 21 heavy (non-hydrogen) atoms.